The molecule has 6 nitrogen and oxygen atoms in total. The number of hydrogen-bond donors (Lipinski definition) is 2. The molecular formula is C10H13N3O3S. The van der Waals surface area contributed by atoms with E-state index in [1.54, 1.807) is 0 Å². The van der Waals surface area contributed by atoms with Crippen molar-refractivity contribution >= 4 is 23.4 Å². The summed E-state index contributed by atoms with van der Waals surface area (Å²) in [4.78, 5) is 23.5. The van der Waals surface area contributed by atoms with Gasteiger partial charge in [0.05, 0.1) is 5.69 Å². The number of carboxylic acid groups (broad SMARTS) is 1. The van der Waals surface area contributed by atoms with E-state index >= 15 is 0 Å². The van der Waals surface area contributed by atoms with Crippen molar-refractivity contribution in [2.45, 2.75) is 38.1 Å². The molecule has 0 aromatic carbocycles. The standard InChI is InChI=1S/C10H13N3O3S/c1-2-6-7(17-13-12-6)8(14)11-10(9(15)16)4-3-5-10/h2-5H2,1H3,(H,11,14)(H,15,16). The summed E-state index contributed by atoms with van der Waals surface area (Å²) in [7, 11) is 0. The smallest absolute Gasteiger partial charge is 0.329 e. The first-order chi connectivity index (χ1) is 8.09. The van der Waals surface area contributed by atoms with Gasteiger partial charge in [0.2, 0.25) is 0 Å². The molecule has 0 atom stereocenters. The molecule has 2 rings (SSSR count). The van der Waals surface area contributed by atoms with Crippen LogP contribution in [0.1, 0.15) is 41.6 Å². The second-order valence-electron chi connectivity index (χ2n) is 4.10. The van der Waals surface area contributed by atoms with E-state index in [1.165, 1.54) is 0 Å². The Morgan fingerprint density at radius 2 is 2.24 bits per heavy atom. The summed E-state index contributed by atoms with van der Waals surface area (Å²) in [6.45, 7) is 1.88. The van der Waals surface area contributed by atoms with Gasteiger partial charge in [-0.1, -0.05) is 11.4 Å². The van der Waals surface area contributed by atoms with Crippen molar-refractivity contribution in [1.82, 2.24) is 14.9 Å². The highest BCUT2D eigenvalue weighted by Gasteiger charge is 2.46. The number of aliphatic carboxylic acids is 1. The van der Waals surface area contributed by atoms with Crippen LogP contribution < -0.4 is 5.32 Å². The van der Waals surface area contributed by atoms with E-state index in [2.05, 4.69) is 14.9 Å². The molecule has 0 spiro atoms. The number of amides is 1. The number of carbonyl (C=O) groups excluding carboxylic acids is 1. The Kier molecular flexibility index (Phi) is 3.10. The van der Waals surface area contributed by atoms with Gasteiger partial charge in [-0.05, 0) is 37.2 Å². The molecule has 1 fully saturated rings. The van der Waals surface area contributed by atoms with Gasteiger partial charge in [0, 0.05) is 0 Å². The summed E-state index contributed by atoms with van der Waals surface area (Å²) in [5, 5.41) is 15.5. The Labute approximate surface area is 102 Å². The lowest BCUT2D eigenvalue weighted by Crippen LogP contribution is -2.59. The van der Waals surface area contributed by atoms with Gasteiger partial charge in [0.15, 0.2) is 0 Å². The molecule has 1 aromatic rings. The fourth-order valence-corrected chi connectivity index (χ4v) is 2.45. The number of carboxylic acids is 1. The zero-order chi connectivity index (χ0) is 12.5. The van der Waals surface area contributed by atoms with Crippen molar-refractivity contribution in [3.63, 3.8) is 0 Å². The third-order valence-corrected chi connectivity index (χ3v) is 3.83. The molecule has 17 heavy (non-hydrogen) atoms. The summed E-state index contributed by atoms with van der Waals surface area (Å²) in [5.41, 5.74) is -0.459. The predicted octanol–water partition coefficient (Wildman–Crippen LogP) is 0.838. The lowest BCUT2D eigenvalue weighted by Gasteiger charge is -2.38. The van der Waals surface area contributed by atoms with Crippen LogP contribution in [0.5, 0.6) is 0 Å². The van der Waals surface area contributed by atoms with Gasteiger partial charge in [-0.3, -0.25) is 4.79 Å². The number of aryl methyl sites for hydroxylation is 1. The lowest BCUT2D eigenvalue weighted by atomic mass is 9.76. The van der Waals surface area contributed by atoms with Crippen molar-refractivity contribution in [1.29, 1.82) is 0 Å². The van der Waals surface area contributed by atoms with Gasteiger partial charge in [-0.15, -0.1) is 5.10 Å². The van der Waals surface area contributed by atoms with E-state index in [0.717, 1.165) is 18.0 Å². The second kappa shape index (κ2) is 4.40. The largest absolute Gasteiger partial charge is 0.480 e. The Morgan fingerprint density at radius 1 is 1.53 bits per heavy atom. The van der Waals surface area contributed by atoms with E-state index in [4.69, 9.17) is 5.11 Å². The van der Waals surface area contributed by atoms with Crippen LogP contribution >= 0.6 is 11.5 Å². The molecular weight excluding hydrogens is 242 g/mol. The first-order valence-corrected chi connectivity index (χ1v) is 6.23. The van der Waals surface area contributed by atoms with Gasteiger partial charge in [0.1, 0.15) is 10.4 Å². The minimum Gasteiger partial charge on any atom is -0.480 e. The Morgan fingerprint density at radius 3 is 2.71 bits per heavy atom. The SMILES string of the molecule is CCc1nnsc1C(=O)NC1(C(=O)O)CCC1. The molecule has 1 aromatic heterocycles. The molecule has 0 unspecified atom stereocenters. The number of rotatable bonds is 4. The summed E-state index contributed by atoms with van der Waals surface area (Å²) in [5.74, 6) is -1.34. The van der Waals surface area contributed by atoms with E-state index < -0.39 is 11.5 Å². The average Bonchev–Trinajstić information content (AvgIpc) is 2.70. The normalized spacial score (nSPS) is 17.2. The van der Waals surface area contributed by atoms with Crippen LogP contribution in [0.25, 0.3) is 0 Å². The molecule has 0 bridgehead atoms. The summed E-state index contributed by atoms with van der Waals surface area (Å²) in [6.07, 6.45) is 2.41. The zero-order valence-corrected chi connectivity index (χ0v) is 10.2. The van der Waals surface area contributed by atoms with Crippen molar-refractivity contribution in [2.75, 3.05) is 0 Å². The molecule has 1 heterocycles. The predicted molar refractivity (Wildman–Crippen MR) is 61.0 cm³/mol. The number of nitrogens with zero attached hydrogens (tertiary/aromatic N) is 2. The number of carbonyl (C=O) groups is 2. The fraction of sp³-hybridized carbons (Fsp3) is 0.600. The molecule has 0 radical (unpaired) electrons. The van der Waals surface area contributed by atoms with Crippen molar-refractivity contribution in [3.8, 4) is 0 Å². The molecule has 92 valence electrons. The fourth-order valence-electron chi connectivity index (χ4n) is 1.81. The van der Waals surface area contributed by atoms with E-state index in [1.807, 2.05) is 6.92 Å². The van der Waals surface area contributed by atoms with Crippen LogP contribution in [-0.4, -0.2) is 32.1 Å². The maximum Gasteiger partial charge on any atom is 0.329 e. The molecule has 1 aliphatic carbocycles. The van der Waals surface area contributed by atoms with E-state index in [0.29, 0.717) is 29.8 Å². The molecule has 2 N–H and O–H groups in total. The first kappa shape index (κ1) is 12.0. The van der Waals surface area contributed by atoms with Crippen LogP contribution in [0.2, 0.25) is 0 Å². The monoisotopic (exact) mass is 255 g/mol. The number of aromatic nitrogens is 2. The van der Waals surface area contributed by atoms with Crippen LogP contribution in [-0.2, 0) is 11.2 Å². The van der Waals surface area contributed by atoms with Crippen LogP contribution in [0.3, 0.4) is 0 Å². The van der Waals surface area contributed by atoms with Crippen molar-refractivity contribution in [2.24, 2.45) is 0 Å². The van der Waals surface area contributed by atoms with Gasteiger partial charge in [-0.2, -0.15) is 0 Å². The lowest BCUT2D eigenvalue weighted by molar-refractivity contribution is -0.148. The van der Waals surface area contributed by atoms with Gasteiger partial charge >= 0.3 is 5.97 Å². The minimum absolute atomic E-state index is 0.376. The second-order valence-corrected chi connectivity index (χ2v) is 4.85. The number of hydrogen-bond acceptors (Lipinski definition) is 5. The maximum absolute atomic E-state index is 12.0. The quantitative estimate of drug-likeness (QED) is 0.831. The third kappa shape index (κ3) is 2.02. The number of nitrogens with one attached hydrogen (secondary N) is 1. The Balaban J connectivity index is 2.14. The van der Waals surface area contributed by atoms with Crippen molar-refractivity contribution < 1.29 is 14.7 Å². The summed E-state index contributed by atoms with van der Waals surface area (Å²) in [6, 6.07) is 0. The summed E-state index contributed by atoms with van der Waals surface area (Å²) >= 11 is 1.00. The molecule has 1 amide bonds. The van der Waals surface area contributed by atoms with Gasteiger partial charge in [-0.25, -0.2) is 4.79 Å². The molecule has 1 saturated carbocycles. The highest BCUT2D eigenvalue weighted by Crippen LogP contribution is 2.32. The first-order valence-electron chi connectivity index (χ1n) is 5.46. The Hall–Kier alpha value is -1.50. The Bertz CT molecular complexity index is 453. The topological polar surface area (TPSA) is 92.2 Å². The van der Waals surface area contributed by atoms with E-state index in [9.17, 15) is 9.59 Å². The van der Waals surface area contributed by atoms with Gasteiger partial charge < -0.3 is 10.4 Å². The molecule has 0 saturated heterocycles. The highest BCUT2D eigenvalue weighted by atomic mass is 32.1. The highest BCUT2D eigenvalue weighted by molar-refractivity contribution is 7.08. The van der Waals surface area contributed by atoms with E-state index in [-0.39, 0.29) is 5.91 Å². The molecule has 7 heteroatoms. The summed E-state index contributed by atoms with van der Waals surface area (Å²) < 4.78 is 3.72. The average molecular weight is 255 g/mol. The van der Waals surface area contributed by atoms with Crippen LogP contribution in [0.4, 0.5) is 0 Å². The zero-order valence-electron chi connectivity index (χ0n) is 9.39. The molecule has 0 aliphatic heterocycles. The van der Waals surface area contributed by atoms with Crippen LogP contribution in [0, 0.1) is 0 Å². The van der Waals surface area contributed by atoms with Crippen molar-refractivity contribution in [3.05, 3.63) is 10.6 Å². The van der Waals surface area contributed by atoms with Gasteiger partial charge in [0.25, 0.3) is 5.91 Å². The minimum atomic E-state index is -1.08. The molecule has 1 aliphatic rings. The third-order valence-electron chi connectivity index (χ3n) is 3.07. The van der Waals surface area contributed by atoms with Crippen LogP contribution in [0.15, 0.2) is 0 Å². The maximum atomic E-state index is 12.0.